The Labute approximate surface area is 94.3 Å². The predicted molar refractivity (Wildman–Crippen MR) is 59.2 cm³/mol. The Bertz CT molecular complexity index is 456. The maximum atomic E-state index is 12.9. The van der Waals surface area contributed by atoms with Gasteiger partial charge in [-0.15, -0.1) is 0 Å². The van der Waals surface area contributed by atoms with Crippen LogP contribution in [0.4, 0.5) is 10.1 Å². The van der Waals surface area contributed by atoms with Crippen molar-refractivity contribution < 1.29 is 4.39 Å². The van der Waals surface area contributed by atoms with Gasteiger partial charge in [0.25, 0.3) is 0 Å². The summed E-state index contributed by atoms with van der Waals surface area (Å²) in [5.74, 6) is -0.429. The molecule has 1 aromatic carbocycles. The van der Waals surface area contributed by atoms with E-state index in [1.54, 1.807) is 18.0 Å². The van der Waals surface area contributed by atoms with Crippen LogP contribution in [0.5, 0.6) is 0 Å². The topological polar surface area (TPSA) is 50.8 Å². The van der Waals surface area contributed by atoms with E-state index < -0.39 is 5.82 Å². The summed E-state index contributed by atoms with van der Waals surface area (Å²) in [4.78, 5) is 1.81. The highest BCUT2D eigenvalue weighted by Gasteiger charge is 2.13. The van der Waals surface area contributed by atoms with Crippen LogP contribution in [0.1, 0.15) is 18.9 Å². The van der Waals surface area contributed by atoms with Gasteiger partial charge < -0.3 is 4.90 Å². The van der Waals surface area contributed by atoms with Gasteiger partial charge in [-0.1, -0.05) is 0 Å². The van der Waals surface area contributed by atoms with Crippen molar-refractivity contribution in [1.29, 1.82) is 10.5 Å². The van der Waals surface area contributed by atoms with Gasteiger partial charge in [0, 0.05) is 13.1 Å². The first-order valence-electron chi connectivity index (χ1n) is 4.89. The zero-order valence-corrected chi connectivity index (χ0v) is 9.24. The van der Waals surface area contributed by atoms with E-state index in [4.69, 9.17) is 10.5 Å². The smallest absolute Gasteiger partial charge is 0.124 e. The molecule has 0 radical (unpaired) electrons. The van der Waals surface area contributed by atoms with Crippen molar-refractivity contribution in [2.75, 3.05) is 11.9 Å². The molecule has 3 nitrogen and oxygen atoms in total. The SMILES string of the molecule is CC(CC#N)N(C)c1ccc(F)cc1C#N. The Balaban J connectivity index is 3.05. The van der Waals surface area contributed by atoms with Crippen molar-refractivity contribution >= 4 is 5.69 Å². The summed E-state index contributed by atoms with van der Waals surface area (Å²) in [6.07, 6.45) is 0.360. The Morgan fingerprint density at radius 1 is 1.44 bits per heavy atom. The Kier molecular flexibility index (Phi) is 3.85. The second-order valence-electron chi connectivity index (χ2n) is 3.60. The van der Waals surface area contributed by atoms with Crippen LogP contribution in [-0.4, -0.2) is 13.1 Å². The molecule has 0 N–H and O–H groups in total. The van der Waals surface area contributed by atoms with Gasteiger partial charge in [-0.2, -0.15) is 10.5 Å². The molecule has 1 rings (SSSR count). The summed E-state index contributed by atoms with van der Waals surface area (Å²) in [5, 5.41) is 17.5. The van der Waals surface area contributed by atoms with Crippen LogP contribution in [-0.2, 0) is 0 Å². The van der Waals surface area contributed by atoms with E-state index in [0.717, 1.165) is 0 Å². The summed E-state index contributed by atoms with van der Waals surface area (Å²) in [7, 11) is 1.79. The van der Waals surface area contributed by atoms with Crippen molar-refractivity contribution in [3.8, 4) is 12.1 Å². The maximum Gasteiger partial charge on any atom is 0.124 e. The molecular weight excluding hydrogens is 205 g/mol. The Hall–Kier alpha value is -2.07. The molecule has 0 fully saturated rings. The molecule has 0 saturated heterocycles. The first-order valence-corrected chi connectivity index (χ1v) is 4.89. The Morgan fingerprint density at radius 2 is 2.12 bits per heavy atom. The molecule has 1 aromatic rings. The molecule has 16 heavy (non-hydrogen) atoms. The van der Waals surface area contributed by atoms with E-state index in [0.29, 0.717) is 12.1 Å². The number of nitrogens with zero attached hydrogens (tertiary/aromatic N) is 3. The number of rotatable bonds is 3. The van der Waals surface area contributed by atoms with Crippen molar-refractivity contribution in [1.82, 2.24) is 0 Å². The van der Waals surface area contributed by atoms with Crippen LogP contribution in [0.15, 0.2) is 18.2 Å². The van der Waals surface area contributed by atoms with Crippen LogP contribution >= 0.6 is 0 Å². The molecule has 4 heteroatoms. The van der Waals surface area contributed by atoms with Gasteiger partial charge in [-0.3, -0.25) is 0 Å². The summed E-state index contributed by atoms with van der Waals surface area (Å²) >= 11 is 0. The van der Waals surface area contributed by atoms with Crippen LogP contribution in [0.2, 0.25) is 0 Å². The minimum Gasteiger partial charge on any atom is -0.370 e. The lowest BCUT2D eigenvalue weighted by Gasteiger charge is -2.26. The molecule has 0 aliphatic rings. The number of hydrogen-bond acceptors (Lipinski definition) is 3. The summed E-state index contributed by atoms with van der Waals surface area (Å²) in [6, 6.07) is 8.07. The molecule has 0 saturated carbocycles. The summed E-state index contributed by atoms with van der Waals surface area (Å²) < 4.78 is 12.9. The fourth-order valence-corrected chi connectivity index (χ4v) is 1.41. The van der Waals surface area contributed by atoms with Gasteiger partial charge in [-0.25, -0.2) is 4.39 Å². The van der Waals surface area contributed by atoms with E-state index in [-0.39, 0.29) is 11.6 Å². The molecule has 0 amide bonds. The largest absolute Gasteiger partial charge is 0.370 e. The second-order valence-corrected chi connectivity index (χ2v) is 3.60. The number of halogens is 1. The molecule has 82 valence electrons. The number of hydrogen-bond donors (Lipinski definition) is 0. The molecule has 0 spiro atoms. The van der Waals surface area contributed by atoms with Crippen LogP contribution in [0.3, 0.4) is 0 Å². The molecular formula is C12H12FN3. The summed E-state index contributed by atoms with van der Waals surface area (Å²) in [5.41, 5.74) is 0.930. The number of nitriles is 2. The highest BCUT2D eigenvalue weighted by molar-refractivity contribution is 5.59. The molecule has 0 bridgehead atoms. The number of benzene rings is 1. The summed E-state index contributed by atoms with van der Waals surface area (Å²) in [6.45, 7) is 1.88. The Morgan fingerprint density at radius 3 is 2.69 bits per heavy atom. The molecule has 0 aliphatic heterocycles. The zero-order chi connectivity index (χ0) is 12.1. The van der Waals surface area contributed by atoms with Gasteiger partial charge >= 0.3 is 0 Å². The monoisotopic (exact) mass is 217 g/mol. The van der Waals surface area contributed by atoms with Crippen molar-refractivity contribution in [3.05, 3.63) is 29.6 Å². The lowest BCUT2D eigenvalue weighted by molar-refractivity contribution is 0.626. The van der Waals surface area contributed by atoms with Crippen LogP contribution in [0, 0.1) is 28.5 Å². The van der Waals surface area contributed by atoms with Gasteiger partial charge in [0.05, 0.1) is 23.7 Å². The van der Waals surface area contributed by atoms with E-state index in [1.807, 2.05) is 13.0 Å². The van der Waals surface area contributed by atoms with Gasteiger partial charge in [0.1, 0.15) is 11.9 Å². The third kappa shape index (κ3) is 2.49. The van der Waals surface area contributed by atoms with E-state index in [1.165, 1.54) is 12.1 Å². The van der Waals surface area contributed by atoms with E-state index in [9.17, 15) is 4.39 Å². The first kappa shape index (κ1) is 12.0. The van der Waals surface area contributed by atoms with Crippen molar-refractivity contribution in [2.24, 2.45) is 0 Å². The number of anilines is 1. The predicted octanol–water partition coefficient (Wildman–Crippen LogP) is 2.44. The van der Waals surface area contributed by atoms with Crippen molar-refractivity contribution in [2.45, 2.75) is 19.4 Å². The van der Waals surface area contributed by atoms with Gasteiger partial charge in [0.15, 0.2) is 0 Å². The first-order chi connectivity index (χ1) is 7.60. The van der Waals surface area contributed by atoms with Crippen LogP contribution in [0.25, 0.3) is 0 Å². The average Bonchev–Trinajstić information content (AvgIpc) is 2.28. The molecule has 0 aromatic heterocycles. The average molecular weight is 217 g/mol. The third-order valence-electron chi connectivity index (χ3n) is 2.51. The zero-order valence-electron chi connectivity index (χ0n) is 9.24. The normalized spacial score (nSPS) is 11.3. The minimum absolute atomic E-state index is 0.0115. The molecule has 0 heterocycles. The molecule has 1 atom stereocenters. The van der Waals surface area contributed by atoms with Gasteiger partial charge in [-0.05, 0) is 25.1 Å². The third-order valence-corrected chi connectivity index (χ3v) is 2.51. The maximum absolute atomic E-state index is 12.9. The quantitative estimate of drug-likeness (QED) is 0.781. The minimum atomic E-state index is -0.429. The fraction of sp³-hybridized carbons (Fsp3) is 0.333. The lowest BCUT2D eigenvalue weighted by atomic mass is 10.1. The lowest BCUT2D eigenvalue weighted by Crippen LogP contribution is -2.29. The fourth-order valence-electron chi connectivity index (χ4n) is 1.41. The standard InChI is InChI=1S/C12H12FN3/c1-9(5-6-14)16(2)12-4-3-11(13)7-10(12)8-15/h3-4,7,9H,5H2,1-2H3. The molecule has 1 unspecified atom stereocenters. The van der Waals surface area contributed by atoms with Crippen LogP contribution < -0.4 is 4.90 Å². The highest BCUT2D eigenvalue weighted by Crippen LogP contribution is 2.22. The van der Waals surface area contributed by atoms with Gasteiger partial charge in [0.2, 0.25) is 0 Å². The van der Waals surface area contributed by atoms with Crippen molar-refractivity contribution in [3.63, 3.8) is 0 Å². The van der Waals surface area contributed by atoms with E-state index in [2.05, 4.69) is 6.07 Å². The highest BCUT2D eigenvalue weighted by atomic mass is 19.1. The van der Waals surface area contributed by atoms with E-state index >= 15 is 0 Å². The second kappa shape index (κ2) is 5.14. The molecule has 0 aliphatic carbocycles.